The molecule has 2 aromatic rings. The molecule has 1 aromatic carbocycles. The highest BCUT2D eigenvalue weighted by Crippen LogP contribution is 2.47. The van der Waals surface area contributed by atoms with Gasteiger partial charge >= 0.3 is 5.69 Å². The van der Waals surface area contributed by atoms with Crippen LogP contribution in [0.15, 0.2) is 40.1 Å². The van der Waals surface area contributed by atoms with Crippen LogP contribution in [0.3, 0.4) is 0 Å². The molecule has 158 valence electrons. The fourth-order valence-corrected chi connectivity index (χ4v) is 4.01. The van der Waals surface area contributed by atoms with E-state index in [4.69, 9.17) is 0 Å². The Labute approximate surface area is 189 Å². The first-order valence-electron chi connectivity index (χ1n) is 10.4. The number of halogens is 1. The number of hydrogen-bond acceptors (Lipinski definition) is 3. The molecule has 1 aliphatic heterocycles. The fourth-order valence-electron chi connectivity index (χ4n) is 4.01. The van der Waals surface area contributed by atoms with Crippen molar-refractivity contribution in [2.75, 3.05) is 20.1 Å². The van der Waals surface area contributed by atoms with Crippen LogP contribution in [0.2, 0.25) is 0 Å². The monoisotopic (exact) mass is 510 g/mol. The maximum atomic E-state index is 12.4. The predicted molar refractivity (Wildman–Crippen MR) is 126 cm³/mol. The molecule has 2 aliphatic rings. The standard InChI is InChI=1S/C21H30N6O.HI/c1-22-19(24-16-21(11-12-21)17-8-3-2-4-9-17)23-13-7-15-27-20(28)26-14-6-5-10-18(26)25-27;/h2-4,8-9H,5-7,10-16H2,1H3,(H2,22,23,24);1H. The largest absolute Gasteiger partial charge is 0.356 e. The highest BCUT2D eigenvalue weighted by molar-refractivity contribution is 14.0. The summed E-state index contributed by atoms with van der Waals surface area (Å²) in [6.07, 6.45) is 6.39. The summed E-state index contributed by atoms with van der Waals surface area (Å²) < 4.78 is 3.45. The molecule has 0 atom stereocenters. The van der Waals surface area contributed by atoms with Crippen LogP contribution in [0.25, 0.3) is 0 Å². The molecule has 4 rings (SSSR count). The van der Waals surface area contributed by atoms with Crippen molar-refractivity contribution in [1.29, 1.82) is 0 Å². The van der Waals surface area contributed by atoms with Crippen LogP contribution in [0, 0.1) is 0 Å². The molecule has 0 amide bonds. The van der Waals surface area contributed by atoms with Crippen LogP contribution >= 0.6 is 24.0 Å². The first-order chi connectivity index (χ1) is 13.7. The molecule has 1 saturated carbocycles. The summed E-state index contributed by atoms with van der Waals surface area (Å²) in [4.78, 5) is 16.7. The molecule has 1 aliphatic carbocycles. The summed E-state index contributed by atoms with van der Waals surface area (Å²) in [7, 11) is 1.80. The number of aryl methyl sites for hydroxylation is 2. The Morgan fingerprint density at radius 3 is 2.69 bits per heavy atom. The van der Waals surface area contributed by atoms with Gasteiger partial charge in [-0.25, -0.2) is 9.48 Å². The van der Waals surface area contributed by atoms with Crippen molar-refractivity contribution in [1.82, 2.24) is 25.0 Å². The molecule has 1 aromatic heterocycles. The Hall–Kier alpha value is -1.84. The number of hydrogen-bond donors (Lipinski definition) is 2. The number of fused-ring (bicyclic) bond motifs is 1. The van der Waals surface area contributed by atoms with Crippen LogP contribution in [0.1, 0.15) is 43.5 Å². The number of aromatic nitrogens is 3. The first-order valence-corrected chi connectivity index (χ1v) is 10.4. The molecule has 0 unspecified atom stereocenters. The molecule has 0 bridgehead atoms. The lowest BCUT2D eigenvalue weighted by atomic mass is 9.96. The molecule has 0 spiro atoms. The zero-order chi connectivity index (χ0) is 19.4. The Morgan fingerprint density at radius 2 is 2.00 bits per heavy atom. The van der Waals surface area contributed by atoms with Crippen molar-refractivity contribution in [3.8, 4) is 0 Å². The Morgan fingerprint density at radius 1 is 1.21 bits per heavy atom. The fraction of sp³-hybridized carbons (Fsp3) is 0.571. The van der Waals surface area contributed by atoms with Crippen molar-refractivity contribution in [3.63, 3.8) is 0 Å². The summed E-state index contributed by atoms with van der Waals surface area (Å²) in [5.41, 5.74) is 1.69. The van der Waals surface area contributed by atoms with Gasteiger partial charge in [-0.15, -0.1) is 24.0 Å². The van der Waals surface area contributed by atoms with Crippen LogP contribution in [-0.2, 0) is 24.9 Å². The van der Waals surface area contributed by atoms with Gasteiger partial charge in [-0.05, 0) is 37.7 Å². The number of rotatable bonds is 7. The minimum absolute atomic E-state index is 0. The van der Waals surface area contributed by atoms with Crippen molar-refractivity contribution in [2.24, 2.45) is 4.99 Å². The number of benzene rings is 1. The van der Waals surface area contributed by atoms with Crippen LogP contribution in [0.4, 0.5) is 0 Å². The molecule has 7 nitrogen and oxygen atoms in total. The predicted octanol–water partition coefficient (Wildman–Crippen LogP) is 2.29. The van der Waals surface area contributed by atoms with E-state index in [1.54, 1.807) is 11.7 Å². The van der Waals surface area contributed by atoms with E-state index in [-0.39, 0.29) is 35.1 Å². The lowest BCUT2D eigenvalue weighted by Crippen LogP contribution is -2.41. The zero-order valence-corrected chi connectivity index (χ0v) is 19.4. The van der Waals surface area contributed by atoms with Gasteiger partial charge < -0.3 is 10.6 Å². The van der Waals surface area contributed by atoms with E-state index in [9.17, 15) is 4.79 Å². The van der Waals surface area contributed by atoms with Gasteiger partial charge in [0, 0.05) is 45.1 Å². The average molecular weight is 510 g/mol. The van der Waals surface area contributed by atoms with E-state index in [1.165, 1.54) is 18.4 Å². The SMILES string of the molecule is CN=C(NCCCn1nc2n(c1=O)CCCC2)NCC1(c2ccccc2)CC1.I. The van der Waals surface area contributed by atoms with Gasteiger partial charge in [0.1, 0.15) is 5.82 Å². The van der Waals surface area contributed by atoms with Gasteiger partial charge in [-0.2, -0.15) is 5.10 Å². The second kappa shape index (κ2) is 9.77. The third-order valence-corrected chi connectivity index (χ3v) is 5.93. The second-order valence-corrected chi connectivity index (χ2v) is 7.88. The van der Waals surface area contributed by atoms with E-state index in [2.05, 4.69) is 51.1 Å². The second-order valence-electron chi connectivity index (χ2n) is 7.88. The molecule has 0 radical (unpaired) electrons. The van der Waals surface area contributed by atoms with E-state index < -0.39 is 0 Å². The van der Waals surface area contributed by atoms with Gasteiger partial charge in [0.25, 0.3) is 0 Å². The maximum absolute atomic E-state index is 12.4. The molecular formula is C21H31IN6O. The van der Waals surface area contributed by atoms with Crippen molar-refractivity contribution in [3.05, 3.63) is 52.2 Å². The number of guanidine groups is 1. The summed E-state index contributed by atoms with van der Waals surface area (Å²) >= 11 is 0. The molecule has 1 fully saturated rings. The van der Waals surface area contributed by atoms with Crippen LogP contribution < -0.4 is 16.3 Å². The lowest BCUT2D eigenvalue weighted by molar-refractivity contribution is 0.509. The molecule has 2 N–H and O–H groups in total. The Bertz CT molecular complexity index is 884. The highest BCUT2D eigenvalue weighted by Gasteiger charge is 2.43. The zero-order valence-electron chi connectivity index (χ0n) is 17.1. The lowest BCUT2D eigenvalue weighted by Gasteiger charge is -2.19. The summed E-state index contributed by atoms with van der Waals surface area (Å²) in [5.74, 6) is 1.76. The van der Waals surface area contributed by atoms with Gasteiger partial charge in [0.15, 0.2) is 5.96 Å². The summed E-state index contributed by atoms with van der Waals surface area (Å²) in [5, 5.41) is 11.3. The molecular weight excluding hydrogens is 479 g/mol. The quantitative estimate of drug-likeness (QED) is 0.260. The number of aliphatic imine (C=N–C) groups is 1. The first kappa shape index (κ1) is 21.9. The van der Waals surface area contributed by atoms with E-state index in [1.807, 2.05) is 4.57 Å². The Kier molecular flexibility index (Phi) is 7.37. The normalized spacial score (nSPS) is 17.2. The van der Waals surface area contributed by atoms with Gasteiger partial charge in [-0.3, -0.25) is 9.56 Å². The summed E-state index contributed by atoms with van der Waals surface area (Å²) in [6, 6.07) is 10.7. The third-order valence-electron chi connectivity index (χ3n) is 5.93. The third kappa shape index (κ3) is 5.02. The highest BCUT2D eigenvalue weighted by atomic mass is 127. The van der Waals surface area contributed by atoms with Crippen molar-refractivity contribution >= 4 is 29.9 Å². The van der Waals surface area contributed by atoms with E-state index in [0.717, 1.165) is 57.1 Å². The topological polar surface area (TPSA) is 76.2 Å². The van der Waals surface area contributed by atoms with Gasteiger partial charge in [0.2, 0.25) is 0 Å². The van der Waals surface area contributed by atoms with Crippen LogP contribution in [0.5, 0.6) is 0 Å². The van der Waals surface area contributed by atoms with Gasteiger partial charge in [0.05, 0.1) is 0 Å². The Balaban J connectivity index is 0.00000240. The number of nitrogens with zero attached hydrogens (tertiary/aromatic N) is 4. The van der Waals surface area contributed by atoms with Crippen LogP contribution in [-0.4, -0.2) is 40.4 Å². The smallest absolute Gasteiger partial charge is 0.345 e. The average Bonchev–Trinajstić information content (AvgIpc) is 3.47. The van der Waals surface area contributed by atoms with E-state index >= 15 is 0 Å². The van der Waals surface area contributed by atoms with Crippen molar-refractivity contribution < 1.29 is 0 Å². The van der Waals surface area contributed by atoms with E-state index in [0.29, 0.717) is 6.54 Å². The molecule has 8 heteroatoms. The molecule has 2 heterocycles. The maximum Gasteiger partial charge on any atom is 0.345 e. The minimum Gasteiger partial charge on any atom is -0.356 e. The summed E-state index contributed by atoms with van der Waals surface area (Å²) in [6.45, 7) is 3.10. The number of nitrogens with one attached hydrogen (secondary N) is 2. The molecule has 0 saturated heterocycles. The minimum atomic E-state index is 0. The van der Waals surface area contributed by atoms with Gasteiger partial charge in [-0.1, -0.05) is 30.3 Å². The molecule has 29 heavy (non-hydrogen) atoms. The van der Waals surface area contributed by atoms with Crippen molar-refractivity contribution in [2.45, 2.75) is 57.0 Å².